The van der Waals surface area contributed by atoms with Crippen molar-refractivity contribution in [2.45, 2.75) is 6.92 Å². The maximum absolute atomic E-state index is 10.6. The summed E-state index contributed by atoms with van der Waals surface area (Å²) >= 11 is 11.1. The number of anilines is 1. The third kappa shape index (κ3) is 2.53. The lowest BCUT2D eigenvalue weighted by molar-refractivity contribution is 0.269. The summed E-state index contributed by atoms with van der Waals surface area (Å²) in [5, 5.41) is 2.35. The smallest absolute Gasteiger partial charge is 0.318 e. The SMILES string of the molecule is COc1cc(Cl)c(C)cc1NC(=O)Cl. The van der Waals surface area contributed by atoms with E-state index in [1.807, 2.05) is 6.92 Å². The molecule has 1 N–H and O–H groups in total. The van der Waals surface area contributed by atoms with E-state index in [0.29, 0.717) is 16.5 Å². The highest BCUT2D eigenvalue weighted by Crippen LogP contribution is 2.30. The lowest BCUT2D eigenvalue weighted by Gasteiger charge is -2.10. The molecule has 0 fully saturated rings. The number of halogens is 2. The van der Waals surface area contributed by atoms with Gasteiger partial charge in [-0.1, -0.05) is 11.6 Å². The monoisotopic (exact) mass is 233 g/mol. The highest BCUT2D eigenvalue weighted by atomic mass is 35.5. The molecule has 0 saturated carbocycles. The fourth-order valence-electron chi connectivity index (χ4n) is 1.04. The van der Waals surface area contributed by atoms with E-state index in [9.17, 15) is 4.79 Å². The predicted octanol–water partition coefficient (Wildman–Crippen LogP) is 3.43. The van der Waals surface area contributed by atoms with Gasteiger partial charge in [0.05, 0.1) is 12.8 Å². The van der Waals surface area contributed by atoms with Crippen LogP contribution in [0.15, 0.2) is 12.1 Å². The lowest BCUT2D eigenvalue weighted by Crippen LogP contribution is -2.03. The van der Waals surface area contributed by atoms with Crippen LogP contribution < -0.4 is 10.1 Å². The van der Waals surface area contributed by atoms with Crippen LogP contribution in [0.25, 0.3) is 0 Å². The number of amides is 1. The van der Waals surface area contributed by atoms with E-state index in [1.165, 1.54) is 7.11 Å². The van der Waals surface area contributed by atoms with Gasteiger partial charge in [-0.15, -0.1) is 0 Å². The molecular weight excluding hydrogens is 225 g/mol. The van der Waals surface area contributed by atoms with Crippen molar-refractivity contribution in [2.24, 2.45) is 0 Å². The second kappa shape index (κ2) is 4.53. The van der Waals surface area contributed by atoms with Crippen molar-refractivity contribution in [2.75, 3.05) is 12.4 Å². The largest absolute Gasteiger partial charge is 0.495 e. The Kier molecular flexibility index (Phi) is 3.61. The van der Waals surface area contributed by atoms with E-state index in [4.69, 9.17) is 27.9 Å². The van der Waals surface area contributed by atoms with Crippen LogP contribution in [0.3, 0.4) is 0 Å². The van der Waals surface area contributed by atoms with Crippen LogP contribution in [0.1, 0.15) is 5.56 Å². The molecule has 1 amide bonds. The molecule has 0 aliphatic heterocycles. The second-order valence-corrected chi connectivity index (χ2v) is 3.45. The van der Waals surface area contributed by atoms with Crippen LogP contribution in [-0.2, 0) is 0 Å². The summed E-state index contributed by atoms with van der Waals surface area (Å²) in [4.78, 5) is 10.6. The molecule has 1 rings (SSSR count). The van der Waals surface area contributed by atoms with E-state index in [-0.39, 0.29) is 0 Å². The van der Waals surface area contributed by atoms with Gasteiger partial charge in [0.15, 0.2) is 0 Å². The summed E-state index contributed by atoms with van der Waals surface area (Å²) in [6.07, 6.45) is 0. The van der Waals surface area contributed by atoms with E-state index in [1.54, 1.807) is 12.1 Å². The maximum atomic E-state index is 10.6. The molecule has 0 bridgehead atoms. The molecule has 1 aromatic carbocycles. The van der Waals surface area contributed by atoms with Crippen molar-refractivity contribution in [3.8, 4) is 5.75 Å². The van der Waals surface area contributed by atoms with Gasteiger partial charge in [-0.05, 0) is 30.2 Å². The predicted molar refractivity (Wildman–Crippen MR) is 57.6 cm³/mol. The highest BCUT2D eigenvalue weighted by Gasteiger charge is 2.08. The Morgan fingerprint density at radius 1 is 1.50 bits per heavy atom. The minimum absolute atomic E-state index is 0.481. The van der Waals surface area contributed by atoms with Crippen LogP contribution in [0, 0.1) is 6.92 Å². The topological polar surface area (TPSA) is 38.3 Å². The highest BCUT2D eigenvalue weighted by molar-refractivity contribution is 6.65. The summed E-state index contributed by atoms with van der Waals surface area (Å²) in [6, 6.07) is 3.32. The van der Waals surface area contributed by atoms with Crippen LogP contribution >= 0.6 is 23.2 Å². The molecule has 0 saturated heterocycles. The zero-order valence-corrected chi connectivity index (χ0v) is 9.24. The van der Waals surface area contributed by atoms with E-state index >= 15 is 0 Å². The van der Waals surface area contributed by atoms with Crippen LogP contribution in [0.4, 0.5) is 10.5 Å². The number of carbonyl (C=O) groups excluding carboxylic acids is 1. The van der Waals surface area contributed by atoms with Crippen molar-refractivity contribution in [1.82, 2.24) is 0 Å². The van der Waals surface area contributed by atoms with Crippen LogP contribution in [0.2, 0.25) is 5.02 Å². The summed E-state index contributed by atoms with van der Waals surface area (Å²) < 4.78 is 5.02. The fourth-order valence-corrected chi connectivity index (χ4v) is 1.29. The first-order valence-corrected chi connectivity index (χ1v) is 4.61. The number of hydrogen-bond acceptors (Lipinski definition) is 2. The quantitative estimate of drug-likeness (QED) is 0.628. The Labute approximate surface area is 92.0 Å². The molecular formula is C9H9Cl2NO2. The minimum Gasteiger partial charge on any atom is -0.495 e. The van der Waals surface area contributed by atoms with Gasteiger partial charge in [0, 0.05) is 11.1 Å². The first kappa shape index (κ1) is 11.1. The number of benzene rings is 1. The average molecular weight is 234 g/mol. The van der Waals surface area contributed by atoms with Gasteiger partial charge in [-0.3, -0.25) is 4.79 Å². The average Bonchev–Trinajstić information content (AvgIpc) is 2.10. The van der Waals surface area contributed by atoms with Crippen LogP contribution in [0.5, 0.6) is 5.75 Å². The van der Waals surface area contributed by atoms with Crippen LogP contribution in [-0.4, -0.2) is 12.5 Å². The summed E-state index contributed by atoms with van der Waals surface area (Å²) in [5.74, 6) is 0.481. The molecule has 5 heteroatoms. The minimum atomic E-state index is -0.662. The number of ether oxygens (including phenoxy) is 1. The Bertz CT molecular complexity index is 366. The molecule has 0 atom stereocenters. The molecule has 0 unspecified atom stereocenters. The third-order valence-corrected chi connectivity index (χ3v) is 2.22. The van der Waals surface area contributed by atoms with Crippen molar-refractivity contribution < 1.29 is 9.53 Å². The van der Waals surface area contributed by atoms with Gasteiger partial charge in [-0.2, -0.15) is 0 Å². The van der Waals surface area contributed by atoms with Gasteiger partial charge in [0.2, 0.25) is 0 Å². The Morgan fingerprint density at radius 3 is 2.64 bits per heavy atom. The van der Waals surface area contributed by atoms with Crippen molar-refractivity contribution in [1.29, 1.82) is 0 Å². The first-order chi connectivity index (χ1) is 6.54. The normalized spacial score (nSPS) is 9.71. The van der Waals surface area contributed by atoms with Gasteiger partial charge in [0.1, 0.15) is 5.75 Å². The Morgan fingerprint density at radius 2 is 2.14 bits per heavy atom. The zero-order chi connectivity index (χ0) is 10.7. The van der Waals surface area contributed by atoms with E-state index < -0.39 is 5.37 Å². The second-order valence-electron chi connectivity index (χ2n) is 2.70. The Hall–Kier alpha value is -0.930. The first-order valence-electron chi connectivity index (χ1n) is 3.85. The van der Waals surface area contributed by atoms with Crippen molar-refractivity contribution in [3.05, 3.63) is 22.7 Å². The summed E-state index contributed by atoms with van der Waals surface area (Å²) in [6.45, 7) is 1.83. The lowest BCUT2D eigenvalue weighted by atomic mass is 10.2. The molecule has 0 heterocycles. The standard InChI is InChI=1S/C9H9Cl2NO2/c1-5-3-7(12-9(11)13)8(14-2)4-6(5)10/h3-4H,1-2H3,(H,12,13). The molecule has 14 heavy (non-hydrogen) atoms. The molecule has 76 valence electrons. The van der Waals surface area contributed by atoms with Gasteiger partial charge < -0.3 is 10.1 Å². The number of hydrogen-bond donors (Lipinski definition) is 1. The van der Waals surface area contributed by atoms with E-state index in [0.717, 1.165) is 5.56 Å². The maximum Gasteiger partial charge on any atom is 0.318 e. The number of carbonyl (C=O) groups is 1. The molecule has 1 aromatic rings. The van der Waals surface area contributed by atoms with E-state index in [2.05, 4.69) is 5.32 Å². The number of aryl methyl sites for hydroxylation is 1. The molecule has 0 aliphatic rings. The summed E-state index contributed by atoms with van der Waals surface area (Å²) in [5.41, 5.74) is 1.35. The van der Waals surface area contributed by atoms with Gasteiger partial charge in [-0.25, -0.2) is 0 Å². The van der Waals surface area contributed by atoms with Gasteiger partial charge >= 0.3 is 5.37 Å². The molecule has 0 radical (unpaired) electrons. The van der Waals surface area contributed by atoms with Crippen molar-refractivity contribution in [3.63, 3.8) is 0 Å². The summed E-state index contributed by atoms with van der Waals surface area (Å²) in [7, 11) is 1.49. The third-order valence-electron chi connectivity index (χ3n) is 1.71. The molecule has 3 nitrogen and oxygen atoms in total. The van der Waals surface area contributed by atoms with Crippen molar-refractivity contribution >= 4 is 34.3 Å². The fraction of sp³-hybridized carbons (Fsp3) is 0.222. The Balaban J connectivity index is 3.13. The molecule has 0 spiro atoms. The number of nitrogens with one attached hydrogen (secondary N) is 1. The van der Waals surface area contributed by atoms with Gasteiger partial charge in [0.25, 0.3) is 0 Å². The number of rotatable bonds is 2. The number of methoxy groups -OCH3 is 1. The molecule has 0 aromatic heterocycles. The molecule has 0 aliphatic carbocycles. The zero-order valence-electron chi connectivity index (χ0n) is 7.73.